The summed E-state index contributed by atoms with van der Waals surface area (Å²) in [4.78, 5) is 17.9. The summed E-state index contributed by atoms with van der Waals surface area (Å²) < 4.78 is 58.8. The van der Waals surface area contributed by atoms with E-state index < -0.39 is 46.0 Å². The molecule has 1 aliphatic rings. The maximum atomic E-state index is 14.7. The lowest BCUT2D eigenvalue weighted by Crippen LogP contribution is -2.30. The molecule has 8 nitrogen and oxygen atoms in total. The number of aliphatic hydroxyl groups is 1. The Morgan fingerprint density at radius 1 is 1.05 bits per heavy atom. The molecule has 3 unspecified atom stereocenters. The number of rotatable bonds is 7. The molecule has 5 rings (SSSR count). The summed E-state index contributed by atoms with van der Waals surface area (Å²) in [5.41, 5.74) is 5.34. The van der Waals surface area contributed by atoms with E-state index in [4.69, 9.17) is 5.73 Å². The molecule has 0 radical (unpaired) electrons. The van der Waals surface area contributed by atoms with Crippen molar-refractivity contribution in [1.82, 2.24) is 19.9 Å². The normalized spacial score (nSPS) is 18.2. The van der Waals surface area contributed by atoms with Crippen LogP contribution in [-0.4, -0.2) is 36.7 Å². The van der Waals surface area contributed by atoms with Gasteiger partial charge in [-0.15, -0.1) is 11.3 Å². The lowest BCUT2D eigenvalue weighted by atomic mass is 9.89. The third-order valence-electron chi connectivity index (χ3n) is 7.71. The van der Waals surface area contributed by atoms with Gasteiger partial charge in [-0.1, -0.05) is 0 Å². The minimum Gasteiger partial charge on any atom is -0.390 e. The van der Waals surface area contributed by atoms with Crippen molar-refractivity contribution < 1.29 is 22.7 Å². The molecule has 41 heavy (non-hydrogen) atoms. The molecule has 0 aliphatic heterocycles. The van der Waals surface area contributed by atoms with Crippen molar-refractivity contribution in [2.24, 2.45) is 5.92 Å². The van der Waals surface area contributed by atoms with Crippen LogP contribution in [0.1, 0.15) is 62.9 Å². The predicted molar refractivity (Wildman–Crippen MR) is 152 cm³/mol. The molecule has 1 aromatic carbocycles. The van der Waals surface area contributed by atoms with E-state index in [-0.39, 0.29) is 23.7 Å². The Morgan fingerprint density at radius 3 is 2.34 bits per heavy atom. The Balaban J connectivity index is 1.55. The number of benzene rings is 1. The Labute approximate surface area is 238 Å². The van der Waals surface area contributed by atoms with E-state index in [9.17, 15) is 22.7 Å². The maximum absolute atomic E-state index is 14.7. The fourth-order valence-electron chi connectivity index (χ4n) is 5.33. The highest BCUT2D eigenvalue weighted by Crippen LogP contribution is 2.40. The average molecular weight is 590 g/mol. The highest BCUT2D eigenvalue weighted by molar-refractivity contribution is 7.21. The third kappa shape index (κ3) is 5.40. The summed E-state index contributed by atoms with van der Waals surface area (Å²) in [6.45, 7) is 7.66. The minimum atomic E-state index is -1.47. The largest absolute Gasteiger partial charge is 0.390 e. The molecular formula is C28H31F4N7OS. The number of thiazole rings is 1. The molecular weight excluding hydrogens is 558 g/mol. The quantitative estimate of drug-likeness (QED) is 0.144. The molecule has 0 saturated heterocycles. The number of aryl methyl sites for hydroxylation is 1. The maximum Gasteiger partial charge on any atom is 0.225 e. The van der Waals surface area contributed by atoms with Crippen LogP contribution in [0.5, 0.6) is 0 Å². The number of nitrogens with two attached hydrogens (primary N) is 1. The molecule has 13 heteroatoms. The molecule has 1 fully saturated rings. The zero-order valence-corrected chi connectivity index (χ0v) is 24.1. The molecule has 3 aromatic heterocycles. The second kappa shape index (κ2) is 10.7. The third-order valence-corrected chi connectivity index (χ3v) is 8.75. The monoisotopic (exact) mass is 589 g/mol. The Hall–Kier alpha value is -3.58. The van der Waals surface area contributed by atoms with E-state index in [0.29, 0.717) is 34.0 Å². The fraction of sp³-hybridized carbons (Fsp3) is 0.429. The van der Waals surface area contributed by atoms with Gasteiger partial charge < -0.3 is 21.5 Å². The van der Waals surface area contributed by atoms with Crippen LogP contribution in [0.4, 0.5) is 35.1 Å². The predicted octanol–water partition coefficient (Wildman–Crippen LogP) is 6.43. The number of nitrogen functional groups attached to an aromatic ring is 1. The van der Waals surface area contributed by atoms with Gasteiger partial charge in [0.25, 0.3) is 0 Å². The fourth-order valence-corrected chi connectivity index (χ4v) is 6.40. The van der Waals surface area contributed by atoms with Gasteiger partial charge in [0.2, 0.25) is 5.95 Å². The van der Waals surface area contributed by atoms with Gasteiger partial charge in [-0.3, -0.25) is 0 Å². The van der Waals surface area contributed by atoms with Gasteiger partial charge in [-0.25, -0.2) is 32.5 Å². The minimum absolute atomic E-state index is 0.000711. The van der Waals surface area contributed by atoms with Crippen molar-refractivity contribution in [3.05, 3.63) is 52.4 Å². The molecule has 0 bridgehead atoms. The summed E-state index contributed by atoms with van der Waals surface area (Å²) in [7, 11) is 0. The number of pyridine rings is 1. The highest BCUT2D eigenvalue weighted by Gasteiger charge is 2.35. The lowest BCUT2D eigenvalue weighted by Gasteiger charge is -2.26. The SMILES string of the molecule is Cc1nc(NC(C)c2c(F)c(F)c(C)c(F)c2F)nc(NC2CCC(C(C)(C)O)C2)c1-c1nc2c(N)nccc2s1. The number of hydrogen-bond acceptors (Lipinski definition) is 9. The van der Waals surface area contributed by atoms with Crippen LogP contribution in [0.3, 0.4) is 0 Å². The first-order valence-corrected chi connectivity index (χ1v) is 14.1. The topological polar surface area (TPSA) is 122 Å². The smallest absolute Gasteiger partial charge is 0.225 e. The van der Waals surface area contributed by atoms with Crippen molar-refractivity contribution in [3.8, 4) is 10.6 Å². The van der Waals surface area contributed by atoms with Crippen molar-refractivity contribution in [3.63, 3.8) is 0 Å². The van der Waals surface area contributed by atoms with Gasteiger partial charge in [0.15, 0.2) is 29.1 Å². The van der Waals surface area contributed by atoms with Gasteiger partial charge in [0.1, 0.15) is 16.3 Å². The van der Waals surface area contributed by atoms with Crippen molar-refractivity contribution >= 4 is 39.1 Å². The first-order valence-electron chi connectivity index (χ1n) is 13.2. The van der Waals surface area contributed by atoms with Gasteiger partial charge in [0.05, 0.1) is 33.2 Å². The summed E-state index contributed by atoms with van der Waals surface area (Å²) in [5.74, 6) is -5.06. The Bertz CT molecular complexity index is 1610. The number of nitrogens with one attached hydrogen (secondary N) is 2. The van der Waals surface area contributed by atoms with Crippen LogP contribution in [0.15, 0.2) is 12.3 Å². The Kier molecular flexibility index (Phi) is 7.53. The van der Waals surface area contributed by atoms with Gasteiger partial charge in [0, 0.05) is 17.8 Å². The molecule has 0 spiro atoms. The van der Waals surface area contributed by atoms with E-state index in [1.807, 2.05) is 6.07 Å². The Morgan fingerprint density at radius 2 is 1.73 bits per heavy atom. The van der Waals surface area contributed by atoms with E-state index in [2.05, 4.69) is 30.6 Å². The molecule has 3 heterocycles. The van der Waals surface area contributed by atoms with Crippen LogP contribution in [0.2, 0.25) is 0 Å². The number of fused-ring (bicyclic) bond motifs is 1. The van der Waals surface area contributed by atoms with Crippen LogP contribution < -0.4 is 16.4 Å². The average Bonchev–Trinajstić information content (AvgIpc) is 3.54. The van der Waals surface area contributed by atoms with Crippen LogP contribution in [0.25, 0.3) is 20.8 Å². The van der Waals surface area contributed by atoms with Gasteiger partial charge in [-0.2, -0.15) is 4.98 Å². The zero-order valence-electron chi connectivity index (χ0n) is 23.2. The second-order valence-corrected chi connectivity index (χ2v) is 12.1. The van der Waals surface area contributed by atoms with Gasteiger partial charge >= 0.3 is 0 Å². The summed E-state index contributed by atoms with van der Waals surface area (Å²) in [6, 6.07) is 0.569. The number of anilines is 3. The number of aromatic nitrogens is 4. The van der Waals surface area contributed by atoms with Crippen LogP contribution in [-0.2, 0) is 0 Å². The number of nitrogens with zero attached hydrogens (tertiary/aromatic N) is 4. The van der Waals surface area contributed by atoms with E-state index in [1.54, 1.807) is 27.0 Å². The van der Waals surface area contributed by atoms with Crippen molar-refractivity contribution in [1.29, 1.82) is 0 Å². The van der Waals surface area contributed by atoms with Gasteiger partial charge in [-0.05, 0) is 65.9 Å². The molecule has 1 saturated carbocycles. The highest BCUT2D eigenvalue weighted by atomic mass is 32.1. The van der Waals surface area contributed by atoms with Crippen LogP contribution in [0, 0.1) is 43.0 Å². The first-order chi connectivity index (χ1) is 19.3. The molecule has 1 aliphatic carbocycles. The lowest BCUT2D eigenvalue weighted by molar-refractivity contribution is 0.0197. The van der Waals surface area contributed by atoms with E-state index in [0.717, 1.165) is 24.5 Å². The molecule has 5 N–H and O–H groups in total. The summed E-state index contributed by atoms with van der Waals surface area (Å²) in [5, 5.41) is 17.4. The van der Waals surface area contributed by atoms with E-state index in [1.165, 1.54) is 18.3 Å². The molecule has 218 valence electrons. The molecule has 3 atom stereocenters. The van der Waals surface area contributed by atoms with Crippen molar-refractivity contribution in [2.75, 3.05) is 16.4 Å². The van der Waals surface area contributed by atoms with E-state index >= 15 is 0 Å². The molecule has 4 aromatic rings. The standard InChI is InChI=1S/C28H31F4N7OS/c1-11-19(29)21(31)17(22(32)20(11)30)12(2)35-27-36-13(3)18(26-38-23-16(41-26)8-9-34-24(23)33)25(39-27)37-15-7-6-14(10-15)28(4,5)40/h8-9,12,14-15,40H,6-7,10H2,1-5H3,(H2,33,34)(H2,35,36,37,39). The second-order valence-electron chi connectivity index (χ2n) is 11.1. The van der Waals surface area contributed by atoms with Crippen molar-refractivity contribution in [2.45, 2.75) is 71.6 Å². The van der Waals surface area contributed by atoms with Crippen LogP contribution >= 0.6 is 11.3 Å². The first kappa shape index (κ1) is 28.9. The number of hydrogen-bond donors (Lipinski definition) is 4. The number of halogens is 4. The summed E-state index contributed by atoms with van der Waals surface area (Å²) >= 11 is 1.39. The molecule has 0 amide bonds. The zero-order chi connectivity index (χ0) is 29.8. The summed E-state index contributed by atoms with van der Waals surface area (Å²) in [6.07, 6.45) is 3.89.